The van der Waals surface area contributed by atoms with Crippen molar-refractivity contribution >= 4 is 23.0 Å². The van der Waals surface area contributed by atoms with Crippen LogP contribution >= 0.6 is 11.3 Å². The summed E-state index contributed by atoms with van der Waals surface area (Å²) in [4.78, 5) is 16.6. The first kappa shape index (κ1) is 14.3. The van der Waals surface area contributed by atoms with Gasteiger partial charge in [-0.15, -0.1) is 11.3 Å². The van der Waals surface area contributed by atoms with Gasteiger partial charge in [0, 0.05) is 17.3 Å². The molecule has 2 aromatic heterocycles. The van der Waals surface area contributed by atoms with E-state index in [1.165, 1.54) is 11.3 Å². The molecular weight excluding hydrogens is 276 g/mol. The second-order valence-electron chi connectivity index (χ2n) is 4.33. The van der Waals surface area contributed by atoms with Crippen LogP contribution in [0.5, 0.6) is 5.75 Å². The van der Waals surface area contributed by atoms with Gasteiger partial charge in [0.05, 0.1) is 18.5 Å². The summed E-state index contributed by atoms with van der Waals surface area (Å²) < 4.78 is 10.6. The van der Waals surface area contributed by atoms with E-state index in [0.29, 0.717) is 16.3 Å². The second kappa shape index (κ2) is 5.92. The van der Waals surface area contributed by atoms with Gasteiger partial charge >= 0.3 is 5.97 Å². The number of nitrogens with zero attached hydrogens (tertiary/aromatic N) is 1. The van der Waals surface area contributed by atoms with Crippen LogP contribution in [0.25, 0.3) is 0 Å². The summed E-state index contributed by atoms with van der Waals surface area (Å²) in [6.45, 7) is 3.90. The fraction of sp³-hybridized carbons (Fsp3) is 0.286. The fourth-order valence-corrected chi connectivity index (χ4v) is 2.61. The van der Waals surface area contributed by atoms with E-state index in [1.807, 2.05) is 13.8 Å². The number of hydrogen-bond acceptors (Lipinski definition) is 6. The van der Waals surface area contributed by atoms with Gasteiger partial charge in [-0.1, -0.05) is 0 Å². The van der Waals surface area contributed by atoms with Crippen LogP contribution in [0.15, 0.2) is 17.6 Å². The number of aryl methyl sites for hydroxylation is 1. The number of aromatic nitrogens is 1. The number of rotatable bonds is 4. The Hall–Kier alpha value is -2.08. The number of nitrogen functional groups attached to an aromatic ring is 1. The van der Waals surface area contributed by atoms with Gasteiger partial charge in [0.25, 0.3) is 0 Å². The molecule has 0 fully saturated rings. The zero-order chi connectivity index (χ0) is 14.7. The van der Waals surface area contributed by atoms with Crippen LogP contribution in [-0.4, -0.2) is 18.1 Å². The molecule has 2 N–H and O–H groups in total. The van der Waals surface area contributed by atoms with Crippen LogP contribution in [0.1, 0.15) is 26.5 Å². The molecule has 0 aliphatic rings. The van der Waals surface area contributed by atoms with Crippen molar-refractivity contribution in [2.45, 2.75) is 20.5 Å². The summed E-state index contributed by atoms with van der Waals surface area (Å²) in [5, 5.41) is 1.75. The minimum Gasteiger partial charge on any atom is -0.496 e. The number of carbonyl (C=O) groups is 1. The number of nitrogens with two attached hydrogens (primary N) is 1. The minimum atomic E-state index is -0.432. The van der Waals surface area contributed by atoms with Crippen molar-refractivity contribution in [1.29, 1.82) is 0 Å². The minimum absolute atomic E-state index is 0.0959. The van der Waals surface area contributed by atoms with Crippen LogP contribution < -0.4 is 10.5 Å². The number of pyridine rings is 1. The maximum absolute atomic E-state index is 11.9. The summed E-state index contributed by atoms with van der Waals surface area (Å²) in [6, 6.07) is 1.68. The molecule has 0 aliphatic heterocycles. The third-order valence-corrected chi connectivity index (χ3v) is 3.88. The molecule has 106 valence electrons. The summed E-state index contributed by atoms with van der Waals surface area (Å²) in [7, 11) is 1.61. The molecule has 20 heavy (non-hydrogen) atoms. The smallest absolute Gasteiger partial charge is 0.350 e. The molecule has 0 aromatic carbocycles. The Kier molecular flexibility index (Phi) is 4.24. The number of hydrogen-bond donors (Lipinski definition) is 1. The van der Waals surface area contributed by atoms with Crippen LogP contribution in [0, 0.1) is 13.8 Å². The van der Waals surface area contributed by atoms with Crippen LogP contribution in [0.3, 0.4) is 0 Å². The van der Waals surface area contributed by atoms with Gasteiger partial charge < -0.3 is 15.2 Å². The first-order chi connectivity index (χ1) is 9.54. The van der Waals surface area contributed by atoms with Gasteiger partial charge in [0.1, 0.15) is 17.2 Å². The molecule has 0 aliphatic carbocycles. The van der Waals surface area contributed by atoms with Gasteiger partial charge in [0.2, 0.25) is 0 Å². The van der Waals surface area contributed by atoms with E-state index in [0.717, 1.165) is 16.9 Å². The molecule has 0 unspecified atom stereocenters. The summed E-state index contributed by atoms with van der Waals surface area (Å²) in [5.74, 6) is 0.333. The number of esters is 1. The van der Waals surface area contributed by atoms with Crippen molar-refractivity contribution in [3.05, 3.63) is 39.3 Å². The van der Waals surface area contributed by atoms with Crippen molar-refractivity contribution in [1.82, 2.24) is 4.98 Å². The van der Waals surface area contributed by atoms with Crippen LogP contribution in [-0.2, 0) is 11.3 Å². The van der Waals surface area contributed by atoms with Crippen molar-refractivity contribution < 1.29 is 14.3 Å². The Balaban J connectivity index is 2.12. The highest BCUT2D eigenvalue weighted by Crippen LogP contribution is 2.25. The molecule has 0 amide bonds. The molecule has 0 spiro atoms. The van der Waals surface area contributed by atoms with E-state index in [1.54, 1.807) is 24.8 Å². The SMILES string of the molecule is COc1c(C)cnc(COC(=O)c2sccc2N)c1C. The zero-order valence-corrected chi connectivity index (χ0v) is 12.4. The Morgan fingerprint density at radius 3 is 2.80 bits per heavy atom. The molecule has 5 nitrogen and oxygen atoms in total. The lowest BCUT2D eigenvalue weighted by molar-refractivity contribution is 0.0473. The predicted octanol–water partition coefficient (Wildman–Crippen LogP) is 2.71. The molecule has 0 bridgehead atoms. The van der Waals surface area contributed by atoms with Crippen molar-refractivity contribution in [2.24, 2.45) is 0 Å². The summed E-state index contributed by atoms with van der Waals surface area (Å²) >= 11 is 1.26. The highest BCUT2D eigenvalue weighted by Gasteiger charge is 2.15. The van der Waals surface area contributed by atoms with Gasteiger partial charge in [0.15, 0.2) is 0 Å². The molecular formula is C14H16N2O3S. The van der Waals surface area contributed by atoms with E-state index < -0.39 is 5.97 Å². The third-order valence-electron chi connectivity index (χ3n) is 2.97. The van der Waals surface area contributed by atoms with E-state index in [4.69, 9.17) is 15.2 Å². The zero-order valence-electron chi connectivity index (χ0n) is 11.6. The molecule has 0 saturated carbocycles. The Labute approximate surface area is 121 Å². The lowest BCUT2D eigenvalue weighted by atomic mass is 10.1. The lowest BCUT2D eigenvalue weighted by Gasteiger charge is -2.12. The van der Waals surface area contributed by atoms with Crippen molar-refractivity contribution in [3.63, 3.8) is 0 Å². The van der Waals surface area contributed by atoms with Gasteiger partial charge in [-0.2, -0.15) is 0 Å². The Morgan fingerprint density at radius 2 is 2.20 bits per heavy atom. The molecule has 0 radical (unpaired) electrons. The molecule has 0 atom stereocenters. The van der Waals surface area contributed by atoms with E-state index in [-0.39, 0.29) is 6.61 Å². The standard InChI is InChI=1S/C14H16N2O3S/c1-8-6-16-11(9(2)12(8)18-3)7-19-14(17)13-10(15)4-5-20-13/h4-6H,7,15H2,1-3H3. The third kappa shape index (κ3) is 2.75. The maximum Gasteiger partial charge on any atom is 0.350 e. The lowest BCUT2D eigenvalue weighted by Crippen LogP contribution is -2.08. The fourth-order valence-electron chi connectivity index (χ4n) is 1.90. The average Bonchev–Trinajstić information content (AvgIpc) is 2.84. The van der Waals surface area contributed by atoms with Crippen molar-refractivity contribution in [2.75, 3.05) is 12.8 Å². The van der Waals surface area contributed by atoms with Crippen LogP contribution in [0.4, 0.5) is 5.69 Å². The van der Waals surface area contributed by atoms with Gasteiger partial charge in [-0.3, -0.25) is 4.98 Å². The average molecular weight is 292 g/mol. The number of carbonyl (C=O) groups excluding carboxylic acids is 1. The molecule has 0 saturated heterocycles. The van der Waals surface area contributed by atoms with Crippen LogP contribution in [0.2, 0.25) is 0 Å². The predicted molar refractivity (Wildman–Crippen MR) is 78.1 cm³/mol. The molecule has 2 aromatic rings. The normalized spacial score (nSPS) is 10.3. The summed E-state index contributed by atoms with van der Waals surface area (Å²) in [5.41, 5.74) is 8.61. The van der Waals surface area contributed by atoms with Gasteiger partial charge in [-0.05, 0) is 25.3 Å². The largest absolute Gasteiger partial charge is 0.496 e. The first-order valence-corrected chi connectivity index (χ1v) is 6.91. The highest BCUT2D eigenvalue weighted by atomic mass is 32.1. The number of thiophene rings is 1. The summed E-state index contributed by atoms with van der Waals surface area (Å²) in [6.07, 6.45) is 1.70. The topological polar surface area (TPSA) is 74.4 Å². The number of anilines is 1. The van der Waals surface area contributed by atoms with E-state index >= 15 is 0 Å². The van der Waals surface area contributed by atoms with E-state index in [9.17, 15) is 4.79 Å². The second-order valence-corrected chi connectivity index (χ2v) is 5.24. The number of ether oxygens (including phenoxy) is 2. The Bertz CT molecular complexity index is 637. The van der Waals surface area contributed by atoms with E-state index in [2.05, 4.69) is 4.98 Å². The van der Waals surface area contributed by atoms with Gasteiger partial charge in [-0.25, -0.2) is 4.79 Å². The monoisotopic (exact) mass is 292 g/mol. The molecule has 2 rings (SSSR count). The highest BCUT2D eigenvalue weighted by molar-refractivity contribution is 7.12. The number of methoxy groups -OCH3 is 1. The molecule has 6 heteroatoms. The first-order valence-electron chi connectivity index (χ1n) is 6.03. The maximum atomic E-state index is 11.9. The Morgan fingerprint density at radius 1 is 1.45 bits per heavy atom. The van der Waals surface area contributed by atoms with Crippen molar-refractivity contribution in [3.8, 4) is 5.75 Å². The molecule has 2 heterocycles. The quantitative estimate of drug-likeness (QED) is 0.877.